The Morgan fingerprint density at radius 3 is 1.69 bits per heavy atom. The van der Waals surface area contributed by atoms with Crippen LogP contribution in [0.5, 0.6) is 0 Å². The van der Waals surface area contributed by atoms with Gasteiger partial charge in [0.15, 0.2) is 12.7 Å². The summed E-state index contributed by atoms with van der Waals surface area (Å²) in [5.74, 6) is -3.19. The second-order valence-electron chi connectivity index (χ2n) is 15.3. The van der Waals surface area contributed by atoms with Crippen LogP contribution in [0.1, 0.15) is 16.7 Å². The molecule has 0 unspecified atom stereocenters. The molecule has 1 aliphatic rings. The Bertz CT molecular complexity index is 2060. The van der Waals surface area contributed by atoms with Gasteiger partial charge in [-0.2, -0.15) is 4.57 Å². The number of carboxylic acids is 3. The number of amides is 1. The number of fused-ring (bicyclic) bond motifs is 3. The fourth-order valence-corrected chi connectivity index (χ4v) is 7.57. The fourth-order valence-electron chi connectivity index (χ4n) is 7.57. The molecule has 1 saturated heterocycles. The molecule has 5 rings (SSSR count). The maximum Gasteiger partial charge on any atom is 3.00 e. The number of aliphatic carboxylic acids is 3. The standard InChI is InChI=1S/C41H54BN7O9.Eu/c1-43(2)25-35-32(8-6-10-36(35)42(57)58)24-49-23-31-7-4-5-9-33(31)34-21-30(11-12-37(34)49)22-44(3)38(50)26-45-13-15-46(27-39(51)52)17-19-48(29-41(55)56)20-18-47(16-14-45)28-40(53)54;/h4-12,21,23,57-58H,13-20,22,24-29H2,1-3H3,(H2-,51,52,53,54,55,56);/q;+3/p+1. The van der Waals surface area contributed by atoms with Gasteiger partial charge >= 0.3 is 74.4 Å². The first-order valence-electron chi connectivity index (χ1n) is 19.4. The number of carboxylic acid groups (broad SMARTS) is 3. The first-order chi connectivity index (χ1) is 27.7. The molecule has 0 saturated carbocycles. The molecule has 1 amide bonds. The van der Waals surface area contributed by atoms with Gasteiger partial charge < -0.3 is 35.2 Å². The minimum absolute atomic E-state index is 0. The zero-order valence-corrected chi connectivity index (χ0v) is 36.3. The van der Waals surface area contributed by atoms with Crippen LogP contribution >= 0.6 is 0 Å². The molecular formula is C41H55BEuN7O9+4. The molecule has 1 aliphatic heterocycles. The van der Waals surface area contributed by atoms with E-state index >= 15 is 0 Å². The van der Waals surface area contributed by atoms with E-state index in [1.807, 2.05) is 60.3 Å². The molecule has 5 N–H and O–H groups in total. The van der Waals surface area contributed by atoms with E-state index in [-0.39, 0.29) is 81.5 Å². The van der Waals surface area contributed by atoms with Gasteiger partial charge in [-0.3, -0.25) is 38.8 Å². The molecule has 1 fully saturated rings. The van der Waals surface area contributed by atoms with E-state index in [0.29, 0.717) is 77.5 Å². The van der Waals surface area contributed by atoms with Gasteiger partial charge in [-0.1, -0.05) is 42.5 Å². The average molecular weight is 953 g/mol. The molecule has 59 heavy (non-hydrogen) atoms. The van der Waals surface area contributed by atoms with Crippen molar-refractivity contribution >= 4 is 58.1 Å². The van der Waals surface area contributed by atoms with Crippen LogP contribution in [0.3, 0.4) is 0 Å². The minimum atomic E-state index is -1.60. The summed E-state index contributed by atoms with van der Waals surface area (Å²) in [5, 5.41) is 52.0. The van der Waals surface area contributed by atoms with Crippen molar-refractivity contribution in [2.24, 2.45) is 0 Å². The molecule has 314 valence electrons. The van der Waals surface area contributed by atoms with E-state index < -0.39 is 25.0 Å². The first-order valence-corrected chi connectivity index (χ1v) is 19.4. The molecule has 0 radical (unpaired) electrons. The van der Waals surface area contributed by atoms with Crippen molar-refractivity contribution in [3.63, 3.8) is 0 Å². The number of likely N-dealkylation sites (N-methyl/N-ethyl adjacent to an activating group) is 1. The molecule has 2 heterocycles. The Morgan fingerprint density at radius 1 is 0.661 bits per heavy atom. The number of nitrogens with zero attached hydrogens (tertiary/aromatic N) is 7. The summed E-state index contributed by atoms with van der Waals surface area (Å²) in [4.78, 5) is 59.5. The number of rotatable bonds is 15. The third kappa shape index (κ3) is 14.3. The van der Waals surface area contributed by atoms with Crippen LogP contribution in [-0.2, 0) is 38.8 Å². The monoisotopic (exact) mass is 953 g/mol. The van der Waals surface area contributed by atoms with E-state index in [4.69, 9.17) is 0 Å². The van der Waals surface area contributed by atoms with E-state index in [0.717, 1.165) is 38.4 Å². The predicted octanol–water partition coefficient (Wildman–Crippen LogP) is -0.496. The van der Waals surface area contributed by atoms with Gasteiger partial charge in [0.05, 0.1) is 31.6 Å². The topological polar surface area (TPSA) is 193 Å². The largest absolute Gasteiger partial charge is 3.00 e. The van der Waals surface area contributed by atoms with Crippen molar-refractivity contribution in [3.05, 3.63) is 83.6 Å². The van der Waals surface area contributed by atoms with Crippen molar-refractivity contribution in [2.45, 2.75) is 19.6 Å². The molecule has 3 aromatic carbocycles. The number of aromatic nitrogens is 1. The Labute approximate surface area is 385 Å². The average Bonchev–Trinajstić information content (AvgIpc) is 3.15. The Morgan fingerprint density at radius 2 is 1.19 bits per heavy atom. The van der Waals surface area contributed by atoms with E-state index in [9.17, 15) is 44.5 Å². The van der Waals surface area contributed by atoms with Crippen LogP contribution < -0.4 is 10.0 Å². The Balaban J connectivity index is 0.00000769. The molecule has 0 aliphatic carbocycles. The van der Waals surface area contributed by atoms with Crippen LogP contribution in [0.4, 0.5) is 0 Å². The number of carbonyl (C=O) groups is 4. The predicted molar refractivity (Wildman–Crippen MR) is 220 cm³/mol. The van der Waals surface area contributed by atoms with Crippen LogP contribution in [0.2, 0.25) is 0 Å². The summed E-state index contributed by atoms with van der Waals surface area (Å²) in [5.41, 5.74) is 4.19. The summed E-state index contributed by atoms with van der Waals surface area (Å²) in [7, 11) is 4.03. The van der Waals surface area contributed by atoms with Gasteiger partial charge in [0, 0.05) is 94.9 Å². The fraction of sp³-hybridized carbons (Fsp3) is 0.439. The normalized spacial score (nSPS) is 15.4. The van der Waals surface area contributed by atoms with Crippen molar-refractivity contribution in [1.29, 1.82) is 0 Å². The molecule has 0 atom stereocenters. The molecule has 0 spiro atoms. The minimum Gasteiger partial charge on any atom is -0.480 e. The summed E-state index contributed by atoms with van der Waals surface area (Å²) in [6, 6.07) is 19.9. The van der Waals surface area contributed by atoms with Gasteiger partial charge in [0.25, 0.3) is 0 Å². The van der Waals surface area contributed by atoms with Crippen LogP contribution in [0, 0.1) is 49.4 Å². The second-order valence-corrected chi connectivity index (χ2v) is 15.3. The van der Waals surface area contributed by atoms with E-state index in [1.165, 1.54) is 0 Å². The smallest absolute Gasteiger partial charge is 0.480 e. The molecule has 1 aromatic heterocycles. The number of hydrogen-bond acceptors (Lipinski definition) is 11. The number of hydrogen-bond donors (Lipinski definition) is 5. The summed E-state index contributed by atoms with van der Waals surface area (Å²) in [6.45, 7) is 3.20. The quantitative estimate of drug-likeness (QED) is 0.0583. The third-order valence-electron chi connectivity index (χ3n) is 10.5. The maximum atomic E-state index is 13.8. The van der Waals surface area contributed by atoms with Gasteiger partial charge in [0.1, 0.15) is 0 Å². The Hall–Kier alpha value is -3.42. The van der Waals surface area contributed by atoms with Crippen molar-refractivity contribution in [3.8, 4) is 0 Å². The number of pyridine rings is 1. The van der Waals surface area contributed by atoms with Gasteiger partial charge in [-0.15, -0.1) is 0 Å². The maximum absolute atomic E-state index is 13.8. The molecule has 18 heteroatoms. The van der Waals surface area contributed by atoms with Gasteiger partial charge in [0.2, 0.25) is 11.4 Å². The molecule has 16 nitrogen and oxygen atoms in total. The van der Waals surface area contributed by atoms with E-state index in [2.05, 4.69) is 29.0 Å². The van der Waals surface area contributed by atoms with Crippen LogP contribution in [0.25, 0.3) is 21.7 Å². The third-order valence-corrected chi connectivity index (χ3v) is 10.5. The molecule has 0 bridgehead atoms. The SMILES string of the molecule is CN(C)Cc1c(C[n+]2cc3ccccc3c3cc(CN(C)C(=O)CN4CCN(CC(=O)O)CCN(CC(=O)O)CCN(CC(=O)O)CC4)ccc32)cccc1B(O)O.[Eu+3]. The van der Waals surface area contributed by atoms with E-state index in [1.54, 1.807) is 32.7 Å². The van der Waals surface area contributed by atoms with Crippen molar-refractivity contribution in [1.82, 2.24) is 29.4 Å². The first kappa shape index (κ1) is 48.2. The summed E-state index contributed by atoms with van der Waals surface area (Å²) in [6.07, 6.45) is 2.10. The van der Waals surface area contributed by atoms with Crippen molar-refractivity contribution < 1.29 is 98.5 Å². The van der Waals surface area contributed by atoms with Crippen LogP contribution in [-0.4, -0.2) is 185 Å². The zero-order chi connectivity index (χ0) is 41.9. The summed E-state index contributed by atoms with van der Waals surface area (Å²) >= 11 is 0. The second kappa shape index (κ2) is 23.0. The molecule has 4 aromatic rings. The summed E-state index contributed by atoms with van der Waals surface area (Å²) < 4.78 is 2.17. The van der Waals surface area contributed by atoms with Crippen molar-refractivity contribution in [2.75, 3.05) is 99.7 Å². The molecular weight excluding hydrogens is 897 g/mol. The van der Waals surface area contributed by atoms with Crippen LogP contribution in [0.15, 0.2) is 66.9 Å². The Kier molecular flexibility index (Phi) is 18.8. The van der Waals surface area contributed by atoms with Gasteiger partial charge in [-0.05, 0) is 42.8 Å². The zero-order valence-electron chi connectivity index (χ0n) is 33.9. The number of carbonyl (C=O) groups excluding carboxylic acids is 1. The van der Waals surface area contributed by atoms with Gasteiger partial charge in [-0.25, -0.2) is 0 Å². The number of benzene rings is 3.